The SMILES string of the molecule is CCN(CC)C(=O)NCCc1c(F)cc(F)cc1F. The van der Waals surface area contributed by atoms with Gasteiger partial charge in [0.25, 0.3) is 0 Å². The van der Waals surface area contributed by atoms with Crippen LogP contribution in [0, 0.1) is 17.5 Å². The van der Waals surface area contributed by atoms with Crippen LogP contribution < -0.4 is 5.32 Å². The van der Waals surface area contributed by atoms with Gasteiger partial charge in [0, 0.05) is 37.3 Å². The van der Waals surface area contributed by atoms with E-state index in [2.05, 4.69) is 5.32 Å². The Morgan fingerprint density at radius 3 is 2.16 bits per heavy atom. The fourth-order valence-electron chi connectivity index (χ4n) is 1.73. The highest BCUT2D eigenvalue weighted by Gasteiger charge is 2.13. The standard InChI is InChI=1S/C13H17F3N2O/c1-3-18(4-2)13(19)17-6-5-10-11(15)7-9(14)8-12(10)16/h7-8H,3-6H2,1-2H3,(H,17,19). The Balaban J connectivity index is 2.57. The first kappa shape index (κ1) is 15.3. The zero-order chi connectivity index (χ0) is 14.4. The quantitative estimate of drug-likeness (QED) is 0.879. The van der Waals surface area contributed by atoms with Crippen molar-refractivity contribution in [2.75, 3.05) is 19.6 Å². The molecule has 0 atom stereocenters. The van der Waals surface area contributed by atoms with Gasteiger partial charge in [0.1, 0.15) is 17.5 Å². The van der Waals surface area contributed by atoms with Crippen LogP contribution in [-0.2, 0) is 6.42 Å². The Labute approximate surface area is 110 Å². The van der Waals surface area contributed by atoms with Gasteiger partial charge in [-0.05, 0) is 20.3 Å². The third-order valence-electron chi connectivity index (χ3n) is 2.81. The fourth-order valence-corrected chi connectivity index (χ4v) is 1.73. The molecule has 0 radical (unpaired) electrons. The Hall–Kier alpha value is -1.72. The summed E-state index contributed by atoms with van der Waals surface area (Å²) >= 11 is 0. The van der Waals surface area contributed by atoms with Crippen LogP contribution in [0.4, 0.5) is 18.0 Å². The second kappa shape index (κ2) is 7.01. The minimum absolute atomic E-state index is 0.0229. The number of benzene rings is 1. The van der Waals surface area contributed by atoms with Gasteiger partial charge in [0.15, 0.2) is 0 Å². The molecule has 0 aliphatic carbocycles. The summed E-state index contributed by atoms with van der Waals surface area (Å²) in [5.41, 5.74) is -0.221. The summed E-state index contributed by atoms with van der Waals surface area (Å²) in [7, 11) is 0. The van der Waals surface area contributed by atoms with E-state index in [0.29, 0.717) is 25.2 Å². The lowest BCUT2D eigenvalue weighted by molar-refractivity contribution is 0.203. The number of hydrogen-bond acceptors (Lipinski definition) is 1. The molecule has 0 fully saturated rings. The van der Waals surface area contributed by atoms with Gasteiger partial charge in [0.05, 0.1) is 0 Å². The van der Waals surface area contributed by atoms with Gasteiger partial charge in [-0.1, -0.05) is 0 Å². The normalized spacial score (nSPS) is 10.4. The highest BCUT2D eigenvalue weighted by molar-refractivity contribution is 5.74. The number of hydrogen-bond donors (Lipinski definition) is 1. The number of urea groups is 1. The monoisotopic (exact) mass is 274 g/mol. The second-order valence-electron chi connectivity index (χ2n) is 4.00. The highest BCUT2D eigenvalue weighted by Crippen LogP contribution is 2.14. The van der Waals surface area contributed by atoms with E-state index in [1.54, 1.807) is 4.90 Å². The van der Waals surface area contributed by atoms with Gasteiger partial charge in [-0.25, -0.2) is 18.0 Å². The van der Waals surface area contributed by atoms with Crippen LogP contribution in [-0.4, -0.2) is 30.6 Å². The molecular weight excluding hydrogens is 257 g/mol. The molecule has 1 rings (SSSR count). The maximum absolute atomic E-state index is 13.3. The lowest BCUT2D eigenvalue weighted by atomic mass is 10.1. The Kier molecular flexibility index (Phi) is 5.66. The van der Waals surface area contributed by atoms with Crippen LogP contribution in [0.2, 0.25) is 0 Å². The molecule has 3 nitrogen and oxygen atoms in total. The first-order valence-corrected chi connectivity index (χ1v) is 6.15. The van der Waals surface area contributed by atoms with Crippen molar-refractivity contribution < 1.29 is 18.0 Å². The van der Waals surface area contributed by atoms with Crippen LogP contribution in [0.5, 0.6) is 0 Å². The lowest BCUT2D eigenvalue weighted by Crippen LogP contribution is -2.40. The van der Waals surface area contributed by atoms with Gasteiger partial charge in [0.2, 0.25) is 0 Å². The largest absolute Gasteiger partial charge is 0.338 e. The number of amides is 2. The van der Waals surface area contributed by atoms with Crippen LogP contribution >= 0.6 is 0 Å². The fraction of sp³-hybridized carbons (Fsp3) is 0.462. The minimum atomic E-state index is -0.953. The lowest BCUT2D eigenvalue weighted by Gasteiger charge is -2.19. The van der Waals surface area contributed by atoms with Gasteiger partial charge in [-0.2, -0.15) is 0 Å². The number of carbonyl (C=O) groups is 1. The van der Waals surface area contributed by atoms with E-state index in [1.807, 2.05) is 13.8 Å². The summed E-state index contributed by atoms with van der Waals surface area (Å²) < 4.78 is 39.3. The van der Waals surface area contributed by atoms with Gasteiger partial charge in [-0.15, -0.1) is 0 Å². The molecule has 0 unspecified atom stereocenters. The van der Waals surface area contributed by atoms with Crippen LogP contribution in [0.15, 0.2) is 12.1 Å². The Morgan fingerprint density at radius 1 is 1.16 bits per heavy atom. The van der Waals surface area contributed by atoms with E-state index in [9.17, 15) is 18.0 Å². The van der Waals surface area contributed by atoms with Gasteiger partial charge in [-0.3, -0.25) is 0 Å². The van der Waals surface area contributed by atoms with Gasteiger partial charge < -0.3 is 10.2 Å². The number of nitrogens with zero attached hydrogens (tertiary/aromatic N) is 1. The van der Waals surface area contributed by atoms with Crippen molar-refractivity contribution in [3.05, 3.63) is 35.1 Å². The topological polar surface area (TPSA) is 32.3 Å². The van der Waals surface area contributed by atoms with Crippen LogP contribution in [0.1, 0.15) is 19.4 Å². The molecule has 1 aromatic rings. The molecule has 19 heavy (non-hydrogen) atoms. The first-order chi connectivity index (χ1) is 8.99. The molecule has 6 heteroatoms. The first-order valence-electron chi connectivity index (χ1n) is 6.15. The predicted octanol–water partition coefficient (Wildman–Crippen LogP) is 2.70. The molecule has 0 aromatic heterocycles. The summed E-state index contributed by atoms with van der Waals surface area (Å²) in [6.45, 7) is 4.88. The highest BCUT2D eigenvalue weighted by atomic mass is 19.1. The van der Waals surface area contributed by atoms with Crippen molar-refractivity contribution in [2.45, 2.75) is 20.3 Å². The van der Waals surface area contributed by atoms with E-state index in [0.717, 1.165) is 0 Å². The molecule has 0 aliphatic rings. The third kappa shape index (κ3) is 4.15. The molecular formula is C13H17F3N2O. The summed E-state index contributed by atoms with van der Waals surface area (Å²) in [5.74, 6) is -2.82. The van der Waals surface area contributed by atoms with Crippen molar-refractivity contribution in [1.29, 1.82) is 0 Å². The second-order valence-corrected chi connectivity index (χ2v) is 4.00. The number of halogens is 3. The number of nitrogens with one attached hydrogen (secondary N) is 1. The molecule has 0 aliphatic heterocycles. The maximum Gasteiger partial charge on any atom is 0.317 e. The van der Waals surface area contributed by atoms with E-state index >= 15 is 0 Å². The predicted molar refractivity (Wildman–Crippen MR) is 66.3 cm³/mol. The Bertz CT molecular complexity index is 425. The minimum Gasteiger partial charge on any atom is -0.338 e. The number of rotatable bonds is 5. The van der Waals surface area contributed by atoms with Crippen molar-refractivity contribution in [2.24, 2.45) is 0 Å². The smallest absolute Gasteiger partial charge is 0.317 e. The molecule has 2 amide bonds. The Morgan fingerprint density at radius 2 is 1.68 bits per heavy atom. The van der Waals surface area contributed by atoms with E-state index in [4.69, 9.17) is 0 Å². The van der Waals surface area contributed by atoms with Crippen molar-refractivity contribution >= 4 is 6.03 Å². The van der Waals surface area contributed by atoms with Crippen molar-refractivity contribution in [3.8, 4) is 0 Å². The summed E-state index contributed by atoms with van der Waals surface area (Å²) in [5, 5.41) is 2.56. The van der Waals surface area contributed by atoms with Crippen LogP contribution in [0.3, 0.4) is 0 Å². The third-order valence-corrected chi connectivity index (χ3v) is 2.81. The number of carbonyl (C=O) groups excluding carboxylic acids is 1. The summed E-state index contributed by atoms with van der Waals surface area (Å²) in [6.07, 6.45) is -0.0229. The molecule has 0 saturated carbocycles. The average molecular weight is 274 g/mol. The maximum atomic E-state index is 13.3. The molecule has 0 spiro atoms. The van der Waals surface area contributed by atoms with Crippen molar-refractivity contribution in [1.82, 2.24) is 10.2 Å². The van der Waals surface area contributed by atoms with E-state index < -0.39 is 17.5 Å². The molecule has 1 N–H and O–H groups in total. The van der Waals surface area contributed by atoms with E-state index in [-0.39, 0.29) is 24.6 Å². The molecule has 0 bridgehead atoms. The zero-order valence-corrected chi connectivity index (χ0v) is 11.0. The van der Waals surface area contributed by atoms with Crippen molar-refractivity contribution in [3.63, 3.8) is 0 Å². The molecule has 106 valence electrons. The van der Waals surface area contributed by atoms with Crippen LogP contribution in [0.25, 0.3) is 0 Å². The summed E-state index contributed by atoms with van der Waals surface area (Å²) in [4.78, 5) is 13.1. The molecule has 0 heterocycles. The average Bonchev–Trinajstić information content (AvgIpc) is 2.34. The molecule has 1 aromatic carbocycles. The van der Waals surface area contributed by atoms with Gasteiger partial charge >= 0.3 is 6.03 Å². The summed E-state index contributed by atoms with van der Waals surface area (Å²) in [6, 6.07) is 0.975. The zero-order valence-electron chi connectivity index (χ0n) is 11.0. The van der Waals surface area contributed by atoms with E-state index in [1.165, 1.54) is 0 Å². The molecule has 0 saturated heterocycles.